The van der Waals surface area contributed by atoms with E-state index in [-0.39, 0.29) is 11.3 Å². The molecule has 1 atom stereocenters. The van der Waals surface area contributed by atoms with Crippen molar-refractivity contribution in [3.05, 3.63) is 56.6 Å². The number of halogens is 1. The van der Waals surface area contributed by atoms with Gasteiger partial charge in [-0.05, 0) is 49.4 Å². The molecule has 0 spiro atoms. The van der Waals surface area contributed by atoms with E-state index >= 15 is 0 Å². The monoisotopic (exact) mass is 475 g/mol. The molecule has 1 N–H and O–H groups in total. The van der Waals surface area contributed by atoms with Gasteiger partial charge in [0, 0.05) is 30.2 Å². The molecule has 1 amide bonds. The van der Waals surface area contributed by atoms with E-state index in [4.69, 9.17) is 21.1 Å². The normalized spacial score (nSPS) is 15.6. The minimum absolute atomic E-state index is 0.00299. The number of nitro benzene ring substituents is 1. The van der Waals surface area contributed by atoms with Gasteiger partial charge in [0.05, 0.1) is 23.3 Å². The van der Waals surface area contributed by atoms with Crippen molar-refractivity contribution in [3.63, 3.8) is 0 Å². The number of carbonyl (C=O) groups excluding carboxylic acids is 2. The smallest absolute Gasteiger partial charge is 0.338 e. The van der Waals surface area contributed by atoms with Crippen LogP contribution in [-0.4, -0.2) is 43.6 Å². The number of hydrogen-bond donors (Lipinski definition) is 1. The third kappa shape index (κ3) is 5.92. The SMILES string of the molecule is COc1cc(Cl)c(C)cc1NC(=O)COC(=O)c1ccc(N2CCCC(C)C2)c([N+](=O)[O-])c1. The molecule has 33 heavy (non-hydrogen) atoms. The van der Waals surface area contributed by atoms with Crippen molar-refractivity contribution in [2.75, 3.05) is 37.0 Å². The third-order valence-corrected chi connectivity index (χ3v) is 5.90. The Morgan fingerprint density at radius 3 is 2.73 bits per heavy atom. The van der Waals surface area contributed by atoms with E-state index in [0.29, 0.717) is 28.1 Å². The van der Waals surface area contributed by atoms with Crippen LogP contribution in [0.1, 0.15) is 35.7 Å². The van der Waals surface area contributed by atoms with Crippen LogP contribution in [0.5, 0.6) is 5.75 Å². The Bertz CT molecular complexity index is 1070. The highest BCUT2D eigenvalue weighted by atomic mass is 35.5. The van der Waals surface area contributed by atoms with E-state index in [1.54, 1.807) is 25.1 Å². The molecule has 2 aromatic carbocycles. The van der Waals surface area contributed by atoms with Gasteiger partial charge in [-0.25, -0.2) is 4.79 Å². The summed E-state index contributed by atoms with van der Waals surface area (Å²) in [4.78, 5) is 37.8. The summed E-state index contributed by atoms with van der Waals surface area (Å²) in [5.74, 6) is -0.615. The van der Waals surface area contributed by atoms with E-state index in [2.05, 4.69) is 12.2 Å². The minimum atomic E-state index is -0.828. The summed E-state index contributed by atoms with van der Waals surface area (Å²) in [5.41, 5.74) is 1.44. The first kappa shape index (κ1) is 24.3. The molecular formula is C23H26ClN3O6. The lowest BCUT2D eigenvalue weighted by Crippen LogP contribution is -2.34. The zero-order chi connectivity index (χ0) is 24.1. The zero-order valence-corrected chi connectivity index (χ0v) is 19.5. The van der Waals surface area contributed by atoms with Crippen molar-refractivity contribution < 1.29 is 24.0 Å². The topological polar surface area (TPSA) is 111 Å². The highest BCUT2D eigenvalue weighted by Gasteiger charge is 2.25. The van der Waals surface area contributed by atoms with Gasteiger partial charge in [0.15, 0.2) is 6.61 Å². The molecule has 1 aliphatic rings. The summed E-state index contributed by atoms with van der Waals surface area (Å²) >= 11 is 6.06. The first-order valence-corrected chi connectivity index (χ1v) is 10.9. The quantitative estimate of drug-likeness (QED) is 0.354. The second-order valence-electron chi connectivity index (χ2n) is 8.08. The fourth-order valence-electron chi connectivity index (χ4n) is 3.80. The number of benzene rings is 2. The number of nitrogens with zero attached hydrogens (tertiary/aromatic N) is 2. The minimum Gasteiger partial charge on any atom is -0.495 e. The van der Waals surface area contributed by atoms with Gasteiger partial charge in [-0.15, -0.1) is 0 Å². The molecule has 1 saturated heterocycles. The molecule has 2 aromatic rings. The van der Waals surface area contributed by atoms with E-state index < -0.39 is 23.4 Å². The molecule has 1 fully saturated rings. The molecule has 176 valence electrons. The predicted octanol–water partition coefficient (Wildman–Crippen LogP) is 4.60. The van der Waals surface area contributed by atoms with Crippen LogP contribution in [0.15, 0.2) is 30.3 Å². The molecule has 0 saturated carbocycles. The highest BCUT2D eigenvalue weighted by molar-refractivity contribution is 6.31. The van der Waals surface area contributed by atoms with E-state index in [0.717, 1.165) is 31.5 Å². The maximum absolute atomic E-state index is 12.5. The number of aryl methyl sites for hydroxylation is 1. The van der Waals surface area contributed by atoms with Crippen molar-refractivity contribution in [1.82, 2.24) is 0 Å². The van der Waals surface area contributed by atoms with Gasteiger partial charge in [-0.2, -0.15) is 0 Å². The van der Waals surface area contributed by atoms with Crippen molar-refractivity contribution in [2.24, 2.45) is 5.92 Å². The third-order valence-electron chi connectivity index (χ3n) is 5.49. The number of piperidine rings is 1. The van der Waals surface area contributed by atoms with Gasteiger partial charge in [-0.1, -0.05) is 18.5 Å². The molecule has 0 bridgehead atoms. The summed E-state index contributed by atoms with van der Waals surface area (Å²) in [5, 5.41) is 14.7. The molecule has 0 radical (unpaired) electrons. The Balaban J connectivity index is 1.68. The Labute approximate surface area is 196 Å². The second kappa shape index (κ2) is 10.5. The number of rotatable bonds is 7. The molecule has 10 heteroatoms. The second-order valence-corrected chi connectivity index (χ2v) is 8.49. The molecule has 1 unspecified atom stereocenters. The van der Waals surface area contributed by atoms with Crippen LogP contribution in [0.2, 0.25) is 5.02 Å². The lowest BCUT2D eigenvalue weighted by atomic mass is 9.99. The number of hydrogen-bond acceptors (Lipinski definition) is 7. The summed E-state index contributed by atoms with van der Waals surface area (Å²) in [6.07, 6.45) is 2.04. The molecule has 3 rings (SSSR count). The fourth-order valence-corrected chi connectivity index (χ4v) is 3.96. The number of methoxy groups -OCH3 is 1. The standard InChI is InChI=1S/C23H26ClN3O6/c1-14-5-4-8-26(12-14)19-7-6-16(10-20(19)27(30)31)23(29)33-13-22(28)25-18-9-15(2)17(24)11-21(18)32-3/h6-7,9-11,14H,4-5,8,12-13H2,1-3H3,(H,25,28). The van der Waals surface area contributed by atoms with Crippen molar-refractivity contribution in [2.45, 2.75) is 26.7 Å². The number of nitro groups is 1. The average Bonchev–Trinajstić information content (AvgIpc) is 2.79. The predicted molar refractivity (Wildman–Crippen MR) is 125 cm³/mol. The summed E-state index contributed by atoms with van der Waals surface area (Å²) in [6.45, 7) is 4.76. The van der Waals surface area contributed by atoms with Crippen LogP contribution in [0.25, 0.3) is 0 Å². The van der Waals surface area contributed by atoms with E-state index in [1.165, 1.54) is 19.2 Å². The van der Waals surface area contributed by atoms with E-state index in [1.807, 2.05) is 4.90 Å². The van der Waals surface area contributed by atoms with Crippen LogP contribution < -0.4 is 15.0 Å². The number of carbonyl (C=O) groups is 2. The van der Waals surface area contributed by atoms with Gasteiger partial charge in [0.25, 0.3) is 11.6 Å². The summed E-state index contributed by atoms with van der Waals surface area (Å²) < 4.78 is 10.3. The Morgan fingerprint density at radius 2 is 2.06 bits per heavy atom. The number of amides is 1. The first-order chi connectivity index (χ1) is 15.7. The van der Waals surface area contributed by atoms with Crippen molar-refractivity contribution in [3.8, 4) is 5.75 Å². The van der Waals surface area contributed by atoms with Crippen molar-refractivity contribution >= 4 is 40.5 Å². The lowest BCUT2D eigenvalue weighted by molar-refractivity contribution is -0.384. The van der Waals surface area contributed by atoms with Gasteiger partial charge < -0.3 is 19.7 Å². The van der Waals surface area contributed by atoms with Gasteiger partial charge in [0.1, 0.15) is 11.4 Å². The molecule has 0 aliphatic carbocycles. The lowest BCUT2D eigenvalue weighted by Gasteiger charge is -2.32. The maximum Gasteiger partial charge on any atom is 0.338 e. The Kier molecular flexibility index (Phi) is 7.75. The first-order valence-electron chi connectivity index (χ1n) is 10.5. The molecular weight excluding hydrogens is 450 g/mol. The van der Waals surface area contributed by atoms with Crippen LogP contribution >= 0.6 is 11.6 Å². The van der Waals surface area contributed by atoms with Crippen LogP contribution in [0.3, 0.4) is 0 Å². The highest BCUT2D eigenvalue weighted by Crippen LogP contribution is 2.33. The fraction of sp³-hybridized carbons (Fsp3) is 0.391. The van der Waals surface area contributed by atoms with Crippen molar-refractivity contribution in [1.29, 1.82) is 0 Å². The summed E-state index contributed by atoms with van der Waals surface area (Å²) in [7, 11) is 1.44. The number of nitrogens with one attached hydrogen (secondary N) is 1. The molecule has 0 aromatic heterocycles. The zero-order valence-electron chi connectivity index (χ0n) is 18.7. The van der Waals surface area contributed by atoms with E-state index in [9.17, 15) is 19.7 Å². The number of esters is 1. The Morgan fingerprint density at radius 1 is 1.30 bits per heavy atom. The molecule has 1 heterocycles. The number of ether oxygens (including phenoxy) is 2. The largest absolute Gasteiger partial charge is 0.495 e. The van der Waals surface area contributed by atoms with Gasteiger partial charge >= 0.3 is 5.97 Å². The van der Waals surface area contributed by atoms with Gasteiger partial charge in [-0.3, -0.25) is 14.9 Å². The average molecular weight is 476 g/mol. The Hall–Kier alpha value is -3.33. The maximum atomic E-state index is 12.5. The van der Waals surface area contributed by atoms with Crippen LogP contribution in [-0.2, 0) is 9.53 Å². The van der Waals surface area contributed by atoms with Crippen LogP contribution in [0, 0.1) is 23.0 Å². The summed E-state index contributed by atoms with van der Waals surface area (Å²) in [6, 6.07) is 7.45. The van der Waals surface area contributed by atoms with Crippen LogP contribution in [0.4, 0.5) is 17.1 Å². The molecule has 1 aliphatic heterocycles. The van der Waals surface area contributed by atoms with Gasteiger partial charge in [0.2, 0.25) is 0 Å². The molecule has 9 nitrogen and oxygen atoms in total. The number of anilines is 2.